The average Bonchev–Trinajstić information content (AvgIpc) is 2.21. The minimum Gasteiger partial charge on any atom is -1.00 e. The van der Waals surface area contributed by atoms with Crippen LogP contribution in [0.4, 0.5) is 11.4 Å². The third kappa shape index (κ3) is 16.9. The van der Waals surface area contributed by atoms with Crippen molar-refractivity contribution in [3.63, 3.8) is 0 Å². The molecule has 0 spiro atoms. The van der Waals surface area contributed by atoms with Gasteiger partial charge in [0, 0.05) is 24.8 Å². The molecule has 0 aliphatic heterocycles. The Morgan fingerprint density at radius 1 is 0.737 bits per heavy atom. The fourth-order valence-corrected chi connectivity index (χ4v) is 0.752. The van der Waals surface area contributed by atoms with Crippen LogP contribution in [-0.4, -0.2) is 20.9 Å². The molecular weight excluding hydrogens is 343 g/mol. The van der Waals surface area contributed by atoms with Gasteiger partial charge in [-0.2, -0.15) is 0 Å². The van der Waals surface area contributed by atoms with Crippen molar-refractivity contribution in [2.75, 3.05) is 11.5 Å². The Labute approximate surface area is 134 Å². The van der Waals surface area contributed by atoms with E-state index in [4.69, 9.17) is 11.5 Å². The first kappa shape index (κ1) is 30.7. The molecule has 9 heteroatoms. The van der Waals surface area contributed by atoms with Gasteiger partial charge in [0.2, 0.25) is 0 Å². The molecule has 0 amide bonds. The first-order valence-electron chi connectivity index (χ1n) is 4.10. The number of nitrogen functional groups attached to an aromatic ring is 2. The van der Waals surface area contributed by atoms with Gasteiger partial charge in [0.25, 0.3) is 0 Å². The van der Waals surface area contributed by atoms with Crippen molar-refractivity contribution in [1.82, 2.24) is 9.97 Å². The first-order valence-corrected chi connectivity index (χ1v) is 4.10. The van der Waals surface area contributed by atoms with Gasteiger partial charge in [-0.15, -0.1) is 0 Å². The number of hydrogen-bond donors (Lipinski definition) is 2. The molecule has 0 aliphatic carbocycles. The molecule has 0 fully saturated rings. The van der Waals surface area contributed by atoms with Crippen LogP contribution in [0.25, 0.3) is 0 Å². The van der Waals surface area contributed by atoms with E-state index in [2.05, 4.69) is 9.97 Å². The number of pyridine rings is 2. The summed E-state index contributed by atoms with van der Waals surface area (Å²) >= 11 is 0. The summed E-state index contributed by atoms with van der Waals surface area (Å²) in [5, 5.41) is 0. The maximum atomic E-state index is 5.30. The molecule has 0 bridgehead atoms. The number of aromatic nitrogens is 2. The van der Waals surface area contributed by atoms with E-state index in [-0.39, 0.29) is 52.8 Å². The maximum Gasteiger partial charge on any atom is 2.00 e. The van der Waals surface area contributed by atoms with E-state index in [0.717, 1.165) is 0 Å². The second kappa shape index (κ2) is 19.3. The van der Waals surface area contributed by atoms with Crippen LogP contribution >= 0.6 is 0 Å². The largest absolute Gasteiger partial charge is 2.00 e. The van der Waals surface area contributed by atoms with Gasteiger partial charge < -0.3 is 47.2 Å². The van der Waals surface area contributed by atoms with Gasteiger partial charge in [-0.05, 0) is 24.3 Å². The topological polar surface area (TPSA) is 141 Å². The van der Waals surface area contributed by atoms with Crippen LogP contribution in [0.15, 0.2) is 49.1 Å². The molecule has 0 aromatic carbocycles. The van der Waals surface area contributed by atoms with Gasteiger partial charge in [0.15, 0.2) is 0 Å². The second-order valence-electron chi connectivity index (χ2n) is 2.57. The fraction of sp³-hybridized carbons (Fsp3) is 0. The van der Waals surface area contributed by atoms with E-state index < -0.39 is 0 Å². The monoisotopic (exact) mass is 357 g/mol. The molecule has 0 unspecified atom stereocenters. The van der Waals surface area contributed by atoms with Crippen LogP contribution in [0.2, 0.25) is 0 Å². The SMILES string of the molecule is Nc1cccnc1.Nc1cccnc1.O.O.[Cl-].[Cl-].[Cu+2]. The normalized spacial score (nSPS) is 6.32. The standard InChI is InChI=1S/2C5H6N2.2ClH.Cu.2H2O/c2*6-5-2-1-3-7-4-5;;;;;/h2*1-4H,6H2;2*1H;;2*1H2/q;;;;+2;;/p-2. The van der Waals surface area contributed by atoms with Gasteiger partial charge in [-0.3, -0.25) is 9.97 Å². The number of nitrogens with zero attached hydrogens (tertiary/aromatic N) is 2. The minimum absolute atomic E-state index is 0. The zero-order chi connectivity index (χ0) is 10.2. The smallest absolute Gasteiger partial charge is 1.00 e. The molecule has 1 radical (unpaired) electrons. The van der Waals surface area contributed by atoms with Crippen LogP contribution < -0.4 is 36.3 Å². The van der Waals surface area contributed by atoms with Gasteiger partial charge in [-0.25, -0.2) is 0 Å². The molecule has 8 N–H and O–H groups in total. The van der Waals surface area contributed by atoms with E-state index in [9.17, 15) is 0 Å². The summed E-state index contributed by atoms with van der Waals surface area (Å²) in [5.41, 5.74) is 12.0. The predicted molar refractivity (Wildman–Crippen MR) is 64.5 cm³/mol. The van der Waals surface area contributed by atoms with Crippen molar-refractivity contribution in [1.29, 1.82) is 0 Å². The van der Waals surface area contributed by atoms with Crippen LogP contribution in [0.5, 0.6) is 0 Å². The Bertz CT molecular complexity index is 333. The predicted octanol–water partition coefficient (Wildman–Crippen LogP) is -6.32. The molecule has 2 rings (SSSR count). The molecule has 0 saturated heterocycles. The van der Waals surface area contributed by atoms with Gasteiger partial charge >= 0.3 is 17.1 Å². The Kier molecular flexibility index (Phi) is 31.2. The number of rotatable bonds is 0. The average molecular weight is 359 g/mol. The Hall–Kier alpha value is -1.08. The Balaban J connectivity index is -0.0000000544. The summed E-state index contributed by atoms with van der Waals surface area (Å²) in [5.74, 6) is 0. The zero-order valence-electron chi connectivity index (χ0n) is 9.73. The molecule has 2 heterocycles. The van der Waals surface area contributed by atoms with Gasteiger partial charge in [0.1, 0.15) is 0 Å². The number of hydrogen-bond acceptors (Lipinski definition) is 4. The van der Waals surface area contributed by atoms with E-state index in [0.29, 0.717) is 11.4 Å². The van der Waals surface area contributed by atoms with Crippen LogP contribution in [-0.2, 0) is 17.1 Å². The third-order valence-corrected chi connectivity index (χ3v) is 1.37. The minimum atomic E-state index is 0. The number of anilines is 2. The maximum absolute atomic E-state index is 5.30. The molecule has 6 nitrogen and oxygen atoms in total. The van der Waals surface area contributed by atoms with Gasteiger partial charge in [0.05, 0.1) is 11.4 Å². The van der Waals surface area contributed by atoms with Crippen molar-refractivity contribution in [2.45, 2.75) is 0 Å². The quantitative estimate of drug-likeness (QED) is 0.452. The summed E-state index contributed by atoms with van der Waals surface area (Å²) < 4.78 is 0. The van der Waals surface area contributed by atoms with Crippen LogP contribution in [0.1, 0.15) is 0 Å². The molecule has 0 aliphatic rings. The second-order valence-corrected chi connectivity index (χ2v) is 2.57. The molecule has 19 heavy (non-hydrogen) atoms. The molecule has 2 aromatic rings. The van der Waals surface area contributed by atoms with Crippen molar-refractivity contribution >= 4 is 11.4 Å². The van der Waals surface area contributed by atoms with E-state index >= 15 is 0 Å². The number of halogens is 2. The first-order chi connectivity index (χ1) is 6.79. The Morgan fingerprint density at radius 3 is 1.16 bits per heavy atom. The molecular formula is C10H16Cl2CuN4O2. The van der Waals surface area contributed by atoms with E-state index in [1.165, 1.54) is 0 Å². The number of nitrogens with two attached hydrogens (primary N) is 2. The van der Waals surface area contributed by atoms with Crippen molar-refractivity contribution in [3.05, 3.63) is 49.1 Å². The molecule has 2 aromatic heterocycles. The summed E-state index contributed by atoms with van der Waals surface area (Å²) in [7, 11) is 0. The van der Waals surface area contributed by atoms with E-state index in [1.807, 2.05) is 0 Å². The fourth-order valence-electron chi connectivity index (χ4n) is 0.752. The van der Waals surface area contributed by atoms with Crippen molar-refractivity contribution in [3.8, 4) is 0 Å². The summed E-state index contributed by atoms with van der Waals surface area (Å²) in [4.78, 5) is 7.52. The third-order valence-electron chi connectivity index (χ3n) is 1.37. The molecule has 0 saturated carbocycles. The van der Waals surface area contributed by atoms with Crippen molar-refractivity contribution in [2.24, 2.45) is 0 Å². The Morgan fingerprint density at radius 2 is 1.05 bits per heavy atom. The van der Waals surface area contributed by atoms with E-state index in [1.54, 1.807) is 49.1 Å². The summed E-state index contributed by atoms with van der Waals surface area (Å²) in [6, 6.07) is 7.20. The summed E-state index contributed by atoms with van der Waals surface area (Å²) in [6.07, 6.45) is 6.60. The summed E-state index contributed by atoms with van der Waals surface area (Å²) in [6.45, 7) is 0. The van der Waals surface area contributed by atoms with Crippen LogP contribution in [0, 0.1) is 0 Å². The van der Waals surface area contributed by atoms with Crippen molar-refractivity contribution < 1.29 is 52.8 Å². The molecule has 113 valence electrons. The van der Waals surface area contributed by atoms with Gasteiger partial charge in [-0.1, -0.05) is 0 Å². The molecule has 0 atom stereocenters. The zero-order valence-corrected chi connectivity index (χ0v) is 12.2. The van der Waals surface area contributed by atoms with Crippen LogP contribution in [0.3, 0.4) is 0 Å².